The highest BCUT2D eigenvalue weighted by molar-refractivity contribution is 9.10. The van der Waals surface area contributed by atoms with Crippen LogP contribution in [0.5, 0.6) is 0 Å². The predicted molar refractivity (Wildman–Crippen MR) is 69.1 cm³/mol. The van der Waals surface area contributed by atoms with Crippen LogP contribution < -0.4 is 5.32 Å². The van der Waals surface area contributed by atoms with E-state index in [1.807, 2.05) is 12.2 Å². The van der Waals surface area contributed by atoms with Crippen LogP contribution in [0.4, 0.5) is 4.39 Å². The highest BCUT2D eigenvalue weighted by Gasteiger charge is 2.17. The van der Waals surface area contributed by atoms with Crippen LogP contribution in [0.2, 0.25) is 0 Å². The van der Waals surface area contributed by atoms with Crippen LogP contribution in [0.1, 0.15) is 12.0 Å². The van der Waals surface area contributed by atoms with E-state index in [1.165, 1.54) is 6.07 Å². The van der Waals surface area contributed by atoms with Gasteiger partial charge in [0.2, 0.25) is 0 Å². The molecule has 1 aliphatic carbocycles. The molecule has 0 spiro atoms. The Morgan fingerprint density at radius 2 is 2.24 bits per heavy atom. The van der Waals surface area contributed by atoms with Gasteiger partial charge >= 0.3 is 0 Å². The maximum absolute atomic E-state index is 13.5. The lowest BCUT2D eigenvalue weighted by Crippen LogP contribution is -2.26. The van der Waals surface area contributed by atoms with Gasteiger partial charge in [0.1, 0.15) is 5.82 Å². The zero-order chi connectivity index (χ0) is 12.3. The summed E-state index contributed by atoms with van der Waals surface area (Å²) in [5.41, 5.74) is 0.653. The van der Waals surface area contributed by atoms with E-state index in [-0.39, 0.29) is 24.4 Å². The van der Waals surface area contributed by atoms with Crippen molar-refractivity contribution in [2.45, 2.75) is 19.0 Å². The molecule has 1 aliphatic rings. The molecule has 0 amide bonds. The van der Waals surface area contributed by atoms with Gasteiger partial charge in [-0.15, -0.1) is 0 Å². The number of hydrogen-bond donors (Lipinski definition) is 2. The number of benzene rings is 1. The van der Waals surface area contributed by atoms with Gasteiger partial charge in [0.05, 0.1) is 0 Å². The summed E-state index contributed by atoms with van der Waals surface area (Å²) in [6, 6.07) is 5.16. The van der Waals surface area contributed by atoms with Gasteiger partial charge < -0.3 is 10.4 Å². The van der Waals surface area contributed by atoms with Gasteiger partial charge in [-0.25, -0.2) is 4.39 Å². The summed E-state index contributed by atoms with van der Waals surface area (Å²) in [4.78, 5) is 0. The molecule has 2 rings (SSSR count). The minimum absolute atomic E-state index is 0.180. The Balaban J connectivity index is 1.90. The van der Waals surface area contributed by atoms with Gasteiger partial charge in [-0.2, -0.15) is 0 Å². The molecule has 1 aromatic rings. The summed E-state index contributed by atoms with van der Waals surface area (Å²) >= 11 is 3.33. The molecule has 2 N–H and O–H groups in total. The van der Waals surface area contributed by atoms with Gasteiger partial charge in [0.15, 0.2) is 0 Å². The molecule has 2 atom stereocenters. The second-order valence-corrected chi connectivity index (χ2v) is 5.20. The molecule has 0 saturated carbocycles. The van der Waals surface area contributed by atoms with Gasteiger partial charge in [0.25, 0.3) is 0 Å². The quantitative estimate of drug-likeness (QED) is 0.838. The number of nitrogens with one attached hydrogen (secondary N) is 1. The standard InChI is InChI=1S/C13H15BrFNO/c14-11-2-4-13(15)10(6-11)7-16-12-3-1-9(5-12)8-17/h1-4,6,9,12,16-17H,5,7-8H2/t9-,12+/m0/s1. The lowest BCUT2D eigenvalue weighted by molar-refractivity contribution is 0.246. The number of halogens is 2. The average molecular weight is 300 g/mol. The first kappa shape index (κ1) is 12.7. The third kappa shape index (κ3) is 3.37. The van der Waals surface area contributed by atoms with Crippen LogP contribution in [0.25, 0.3) is 0 Å². The molecule has 2 nitrogen and oxygen atoms in total. The van der Waals surface area contributed by atoms with Crippen LogP contribution in [-0.4, -0.2) is 17.8 Å². The minimum atomic E-state index is -0.193. The number of hydrogen-bond acceptors (Lipinski definition) is 2. The average Bonchev–Trinajstić information content (AvgIpc) is 2.78. The normalized spacial score (nSPS) is 23.2. The number of rotatable bonds is 4. The third-order valence-corrected chi connectivity index (χ3v) is 3.46. The second-order valence-electron chi connectivity index (χ2n) is 4.29. The highest BCUT2D eigenvalue weighted by atomic mass is 79.9. The third-order valence-electron chi connectivity index (χ3n) is 2.97. The predicted octanol–water partition coefficient (Wildman–Crippen LogP) is 2.61. The van der Waals surface area contributed by atoms with Crippen molar-refractivity contribution in [3.05, 3.63) is 46.2 Å². The molecule has 0 saturated heterocycles. The topological polar surface area (TPSA) is 32.3 Å². The number of aliphatic hydroxyl groups is 1. The van der Waals surface area contributed by atoms with E-state index in [0.717, 1.165) is 10.9 Å². The molecule has 0 bridgehead atoms. The van der Waals surface area contributed by atoms with Crippen LogP contribution in [0, 0.1) is 11.7 Å². The van der Waals surface area contributed by atoms with E-state index < -0.39 is 0 Å². The van der Waals surface area contributed by atoms with E-state index in [9.17, 15) is 4.39 Å². The highest BCUT2D eigenvalue weighted by Crippen LogP contribution is 2.19. The van der Waals surface area contributed by atoms with E-state index in [2.05, 4.69) is 21.2 Å². The summed E-state index contributed by atoms with van der Waals surface area (Å²) in [5, 5.41) is 12.3. The molecule has 4 heteroatoms. The van der Waals surface area contributed by atoms with E-state index >= 15 is 0 Å². The Morgan fingerprint density at radius 3 is 2.94 bits per heavy atom. The first-order valence-corrected chi connectivity index (χ1v) is 6.45. The smallest absolute Gasteiger partial charge is 0.127 e. The monoisotopic (exact) mass is 299 g/mol. The van der Waals surface area contributed by atoms with Crippen molar-refractivity contribution in [1.82, 2.24) is 5.32 Å². The molecule has 0 unspecified atom stereocenters. The first-order chi connectivity index (χ1) is 8.19. The van der Waals surface area contributed by atoms with Crippen molar-refractivity contribution < 1.29 is 9.50 Å². The fourth-order valence-electron chi connectivity index (χ4n) is 1.98. The molecular weight excluding hydrogens is 285 g/mol. The Bertz CT molecular complexity index is 422. The van der Waals surface area contributed by atoms with Crippen LogP contribution in [-0.2, 0) is 6.54 Å². The van der Waals surface area contributed by atoms with Gasteiger partial charge in [-0.1, -0.05) is 28.1 Å². The fraction of sp³-hybridized carbons (Fsp3) is 0.385. The van der Waals surface area contributed by atoms with Crippen molar-refractivity contribution in [1.29, 1.82) is 0 Å². The summed E-state index contributed by atoms with van der Waals surface area (Å²) in [6.45, 7) is 0.679. The fourth-order valence-corrected chi connectivity index (χ4v) is 2.39. The molecule has 0 fully saturated rings. The SMILES string of the molecule is OC[C@H]1C=C[C@@H](NCc2cc(Br)ccc2F)C1. The Kier molecular flexibility index (Phi) is 4.31. The molecule has 17 heavy (non-hydrogen) atoms. The molecule has 0 aromatic heterocycles. The van der Waals surface area contributed by atoms with Gasteiger partial charge in [-0.3, -0.25) is 0 Å². The molecular formula is C13H15BrFNO. The zero-order valence-electron chi connectivity index (χ0n) is 9.37. The first-order valence-electron chi connectivity index (χ1n) is 5.65. The Labute approximate surface area is 109 Å². The van der Waals surface area contributed by atoms with Crippen LogP contribution in [0.15, 0.2) is 34.8 Å². The maximum Gasteiger partial charge on any atom is 0.127 e. The summed E-state index contributed by atoms with van der Waals surface area (Å²) in [7, 11) is 0. The van der Waals surface area contributed by atoms with Crippen molar-refractivity contribution in [2.24, 2.45) is 5.92 Å². The molecule has 0 radical (unpaired) electrons. The summed E-state index contributed by atoms with van der Waals surface area (Å²) < 4.78 is 14.3. The van der Waals surface area contributed by atoms with Gasteiger partial charge in [0, 0.05) is 35.1 Å². The summed E-state index contributed by atoms with van der Waals surface area (Å²) in [5.74, 6) is 0.0428. The molecule has 92 valence electrons. The van der Waals surface area contributed by atoms with Gasteiger partial charge in [-0.05, 0) is 24.6 Å². The van der Waals surface area contributed by atoms with Crippen molar-refractivity contribution >= 4 is 15.9 Å². The molecule has 0 heterocycles. The Morgan fingerprint density at radius 1 is 1.41 bits per heavy atom. The molecule has 1 aromatic carbocycles. The van der Waals surface area contributed by atoms with Crippen LogP contribution in [0.3, 0.4) is 0 Å². The van der Waals surface area contributed by atoms with Crippen molar-refractivity contribution in [3.8, 4) is 0 Å². The van der Waals surface area contributed by atoms with Crippen molar-refractivity contribution in [2.75, 3.05) is 6.61 Å². The summed E-state index contributed by atoms with van der Waals surface area (Å²) in [6.07, 6.45) is 4.93. The second kappa shape index (κ2) is 5.76. The zero-order valence-corrected chi connectivity index (χ0v) is 11.0. The maximum atomic E-state index is 13.5. The van der Waals surface area contributed by atoms with E-state index in [1.54, 1.807) is 12.1 Å². The van der Waals surface area contributed by atoms with Crippen LogP contribution >= 0.6 is 15.9 Å². The van der Waals surface area contributed by atoms with E-state index in [0.29, 0.717) is 12.1 Å². The Hall–Kier alpha value is -0.710. The number of aliphatic hydroxyl groups excluding tert-OH is 1. The molecule has 0 aliphatic heterocycles. The lowest BCUT2D eigenvalue weighted by Gasteiger charge is -2.13. The van der Waals surface area contributed by atoms with E-state index in [4.69, 9.17) is 5.11 Å². The van der Waals surface area contributed by atoms with Crippen molar-refractivity contribution in [3.63, 3.8) is 0 Å². The lowest BCUT2D eigenvalue weighted by atomic mass is 10.1. The largest absolute Gasteiger partial charge is 0.396 e. The minimum Gasteiger partial charge on any atom is -0.396 e.